The molecule has 1 aromatic heterocycles. The molecule has 0 radical (unpaired) electrons. The van der Waals surface area contributed by atoms with Crippen molar-refractivity contribution in [3.8, 4) is 16.9 Å². The maximum atomic E-state index is 2.61. The third-order valence-electron chi connectivity index (χ3n) is 5.11. The molecule has 0 aliphatic carbocycles. The average Bonchev–Trinajstić information content (AvgIpc) is 3.08. The Morgan fingerprint density at radius 1 is 0.885 bits per heavy atom. The van der Waals surface area contributed by atoms with Crippen LogP contribution in [0.2, 0.25) is 0 Å². The molecular weight excluding hydrogens is 336 g/mol. The highest BCUT2D eigenvalue weighted by atomic mass is 32.2. The molecule has 0 saturated carbocycles. The summed E-state index contributed by atoms with van der Waals surface area (Å²) in [7, 11) is 0. The van der Waals surface area contributed by atoms with Gasteiger partial charge >= 0.3 is 0 Å². The first kappa shape index (κ1) is 17.4. The van der Waals surface area contributed by atoms with Crippen LogP contribution in [0.1, 0.15) is 18.2 Å². The monoisotopic (exact) mass is 362 g/mol. The Morgan fingerprint density at radius 3 is 2.19 bits per heavy atom. The molecule has 3 heteroatoms. The molecule has 0 bridgehead atoms. The molecule has 0 amide bonds. The van der Waals surface area contributed by atoms with Crippen molar-refractivity contribution >= 4 is 11.8 Å². The maximum Gasteiger partial charge on any atom is 0.0534 e. The first-order valence-corrected chi connectivity index (χ1v) is 10.7. The molecule has 1 fully saturated rings. The topological polar surface area (TPSA) is 8.17 Å². The van der Waals surface area contributed by atoms with Gasteiger partial charge in [0.25, 0.3) is 0 Å². The van der Waals surface area contributed by atoms with E-state index in [0.717, 1.165) is 13.0 Å². The van der Waals surface area contributed by atoms with E-state index in [1.54, 1.807) is 0 Å². The summed E-state index contributed by atoms with van der Waals surface area (Å²) in [5.41, 5.74) is 6.75. The fourth-order valence-electron chi connectivity index (χ4n) is 3.82. The van der Waals surface area contributed by atoms with Gasteiger partial charge < -0.3 is 4.57 Å². The second-order valence-corrected chi connectivity index (χ2v) is 8.01. The summed E-state index contributed by atoms with van der Waals surface area (Å²) in [6.07, 6.45) is 1.04. The number of benzene rings is 2. The minimum atomic E-state index is 1.04. The van der Waals surface area contributed by atoms with E-state index in [4.69, 9.17) is 0 Å². The van der Waals surface area contributed by atoms with E-state index in [1.165, 1.54) is 52.8 Å². The molecule has 0 unspecified atom stereocenters. The van der Waals surface area contributed by atoms with Crippen LogP contribution in [0.5, 0.6) is 0 Å². The van der Waals surface area contributed by atoms with Crippen molar-refractivity contribution in [3.63, 3.8) is 0 Å². The lowest BCUT2D eigenvalue weighted by Gasteiger charge is -2.26. The molecule has 2 heterocycles. The summed E-state index contributed by atoms with van der Waals surface area (Å²) in [6.45, 7) is 5.73. The number of para-hydroxylation sites is 1. The highest BCUT2D eigenvalue weighted by Gasteiger charge is 2.19. The lowest BCUT2D eigenvalue weighted by atomic mass is 10.1. The molecule has 2 nitrogen and oxygen atoms in total. The summed E-state index contributed by atoms with van der Waals surface area (Å²) in [4.78, 5) is 2.61. The smallest absolute Gasteiger partial charge is 0.0534 e. The molecule has 4 rings (SSSR count). The van der Waals surface area contributed by atoms with Gasteiger partial charge in [0, 0.05) is 42.5 Å². The Labute approximate surface area is 160 Å². The summed E-state index contributed by atoms with van der Waals surface area (Å²) in [6, 6.07) is 24.0. The van der Waals surface area contributed by atoms with Gasteiger partial charge in [0.05, 0.1) is 5.69 Å². The minimum Gasteiger partial charge on any atom is -0.313 e. The van der Waals surface area contributed by atoms with E-state index in [0.29, 0.717) is 0 Å². The highest BCUT2D eigenvalue weighted by molar-refractivity contribution is 7.99. The van der Waals surface area contributed by atoms with Crippen LogP contribution in [0.25, 0.3) is 16.9 Å². The first-order chi connectivity index (χ1) is 12.9. The predicted molar refractivity (Wildman–Crippen MR) is 113 cm³/mol. The van der Waals surface area contributed by atoms with Crippen LogP contribution in [0, 0.1) is 0 Å². The van der Waals surface area contributed by atoms with Gasteiger partial charge in [-0.25, -0.2) is 0 Å². The third kappa shape index (κ3) is 3.60. The summed E-state index contributed by atoms with van der Waals surface area (Å²) in [5, 5.41) is 0. The van der Waals surface area contributed by atoms with E-state index >= 15 is 0 Å². The molecule has 1 aliphatic heterocycles. The molecule has 1 saturated heterocycles. The van der Waals surface area contributed by atoms with Crippen LogP contribution < -0.4 is 0 Å². The Kier molecular flexibility index (Phi) is 5.47. The van der Waals surface area contributed by atoms with Crippen LogP contribution >= 0.6 is 11.8 Å². The van der Waals surface area contributed by atoms with Crippen molar-refractivity contribution in [1.82, 2.24) is 9.47 Å². The fourth-order valence-corrected chi connectivity index (χ4v) is 4.80. The molecule has 26 heavy (non-hydrogen) atoms. The van der Waals surface area contributed by atoms with E-state index in [1.807, 2.05) is 0 Å². The van der Waals surface area contributed by atoms with Gasteiger partial charge in [-0.2, -0.15) is 11.8 Å². The number of hydrogen-bond acceptors (Lipinski definition) is 2. The molecule has 0 N–H and O–H groups in total. The Hall–Kier alpha value is -1.97. The van der Waals surface area contributed by atoms with Gasteiger partial charge in [-0.3, -0.25) is 4.90 Å². The van der Waals surface area contributed by atoms with Crippen molar-refractivity contribution in [2.75, 3.05) is 24.6 Å². The molecule has 134 valence electrons. The van der Waals surface area contributed by atoms with Crippen LogP contribution in [-0.4, -0.2) is 34.1 Å². The average molecular weight is 363 g/mol. The van der Waals surface area contributed by atoms with Crippen LogP contribution in [-0.2, 0) is 13.0 Å². The van der Waals surface area contributed by atoms with E-state index in [2.05, 4.69) is 94.9 Å². The number of thioether (sulfide) groups is 1. The quantitative estimate of drug-likeness (QED) is 0.612. The van der Waals surface area contributed by atoms with Gasteiger partial charge in [-0.05, 0) is 35.7 Å². The maximum absolute atomic E-state index is 2.61. The molecule has 1 aliphatic rings. The Balaban J connectivity index is 1.81. The lowest BCUT2D eigenvalue weighted by molar-refractivity contribution is 0.294. The van der Waals surface area contributed by atoms with Crippen molar-refractivity contribution < 1.29 is 0 Å². The van der Waals surface area contributed by atoms with E-state index < -0.39 is 0 Å². The number of rotatable bonds is 5. The van der Waals surface area contributed by atoms with E-state index in [-0.39, 0.29) is 0 Å². The zero-order valence-electron chi connectivity index (χ0n) is 15.4. The largest absolute Gasteiger partial charge is 0.313 e. The number of aromatic nitrogens is 1. The van der Waals surface area contributed by atoms with Gasteiger partial charge in [-0.15, -0.1) is 0 Å². The van der Waals surface area contributed by atoms with Crippen LogP contribution in [0.4, 0.5) is 0 Å². The van der Waals surface area contributed by atoms with Gasteiger partial charge in [0.2, 0.25) is 0 Å². The zero-order valence-corrected chi connectivity index (χ0v) is 16.2. The summed E-state index contributed by atoms with van der Waals surface area (Å²) >= 11 is 2.07. The van der Waals surface area contributed by atoms with Crippen molar-refractivity contribution in [2.45, 2.75) is 19.9 Å². The highest BCUT2D eigenvalue weighted by Crippen LogP contribution is 2.31. The first-order valence-electron chi connectivity index (χ1n) is 9.51. The zero-order chi connectivity index (χ0) is 17.8. The fraction of sp³-hybridized carbons (Fsp3) is 0.304. The lowest BCUT2D eigenvalue weighted by Crippen LogP contribution is -2.32. The Morgan fingerprint density at radius 2 is 1.54 bits per heavy atom. The standard InChI is InChI=1S/C23H26N2S/c1-2-22-20(18-24-13-15-26-16-14-24)17-23(19-9-5-3-6-10-19)25(22)21-11-7-4-8-12-21/h3-12,17H,2,13-16,18H2,1H3. The second kappa shape index (κ2) is 8.15. The van der Waals surface area contributed by atoms with Gasteiger partial charge in [0.15, 0.2) is 0 Å². The Bertz CT molecular complexity index is 833. The normalized spacial score (nSPS) is 15.3. The molecule has 0 atom stereocenters. The molecular formula is C23H26N2S. The number of nitrogens with zero attached hydrogens (tertiary/aromatic N) is 2. The predicted octanol–water partition coefficient (Wildman–Crippen LogP) is 5.26. The summed E-state index contributed by atoms with van der Waals surface area (Å²) in [5.74, 6) is 2.51. The van der Waals surface area contributed by atoms with Crippen molar-refractivity contribution in [1.29, 1.82) is 0 Å². The number of hydrogen-bond donors (Lipinski definition) is 0. The van der Waals surface area contributed by atoms with Crippen molar-refractivity contribution in [3.05, 3.63) is 78.0 Å². The van der Waals surface area contributed by atoms with E-state index in [9.17, 15) is 0 Å². The van der Waals surface area contributed by atoms with Gasteiger partial charge in [0.1, 0.15) is 0 Å². The van der Waals surface area contributed by atoms with Crippen molar-refractivity contribution in [2.24, 2.45) is 0 Å². The SMILES string of the molecule is CCc1c(CN2CCSCC2)cc(-c2ccccc2)n1-c1ccccc1. The van der Waals surface area contributed by atoms with Crippen LogP contribution in [0.15, 0.2) is 66.7 Å². The minimum absolute atomic E-state index is 1.04. The molecule has 0 spiro atoms. The second-order valence-electron chi connectivity index (χ2n) is 6.78. The molecule has 3 aromatic rings. The van der Waals surface area contributed by atoms with Gasteiger partial charge in [-0.1, -0.05) is 55.5 Å². The summed E-state index contributed by atoms with van der Waals surface area (Å²) < 4.78 is 2.46. The molecule has 2 aromatic carbocycles. The third-order valence-corrected chi connectivity index (χ3v) is 6.05. The van der Waals surface area contributed by atoms with Crippen LogP contribution in [0.3, 0.4) is 0 Å².